The summed E-state index contributed by atoms with van der Waals surface area (Å²) in [6.45, 7) is 1.41. The first kappa shape index (κ1) is 10.3. The summed E-state index contributed by atoms with van der Waals surface area (Å²) < 4.78 is 10.9. The molecule has 1 aliphatic heterocycles. The normalized spacial score (nSPS) is 17.8. The minimum absolute atomic E-state index is 0.263. The van der Waals surface area contributed by atoms with Crippen molar-refractivity contribution in [1.29, 1.82) is 0 Å². The molecule has 1 aliphatic rings. The van der Waals surface area contributed by atoms with Crippen LogP contribution in [0.25, 0.3) is 11.3 Å². The first-order valence-electron chi connectivity index (χ1n) is 5.68. The molecular formula is C14H13NO2. The molecule has 2 aromatic rings. The van der Waals surface area contributed by atoms with Crippen LogP contribution in [0.5, 0.6) is 5.75 Å². The van der Waals surface area contributed by atoms with Gasteiger partial charge in [0.1, 0.15) is 24.2 Å². The van der Waals surface area contributed by atoms with Crippen molar-refractivity contribution in [3.8, 4) is 17.0 Å². The molecule has 3 rings (SSSR count). The quantitative estimate of drug-likeness (QED) is 0.753. The molecule has 1 aromatic carbocycles. The van der Waals surface area contributed by atoms with E-state index >= 15 is 0 Å². The minimum atomic E-state index is 0.263. The van der Waals surface area contributed by atoms with E-state index < -0.39 is 0 Å². The van der Waals surface area contributed by atoms with Crippen LogP contribution in [-0.4, -0.2) is 24.3 Å². The fourth-order valence-corrected chi connectivity index (χ4v) is 1.67. The zero-order valence-corrected chi connectivity index (χ0v) is 9.37. The number of nitrogens with zero attached hydrogens (tertiary/aromatic N) is 1. The minimum Gasteiger partial charge on any atom is -0.488 e. The van der Waals surface area contributed by atoms with Gasteiger partial charge in [-0.15, -0.1) is 0 Å². The van der Waals surface area contributed by atoms with Gasteiger partial charge in [-0.05, 0) is 12.1 Å². The summed E-state index contributed by atoms with van der Waals surface area (Å²) in [6, 6.07) is 13.9. The van der Waals surface area contributed by atoms with Gasteiger partial charge in [0.15, 0.2) is 0 Å². The Kier molecular flexibility index (Phi) is 2.76. The highest BCUT2D eigenvalue weighted by molar-refractivity contribution is 5.65. The summed E-state index contributed by atoms with van der Waals surface area (Å²) in [5, 5.41) is 0. The number of hydrogen-bond donors (Lipinski definition) is 0. The topological polar surface area (TPSA) is 34.6 Å². The number of aromatic nitrogens is 1. The summed E-state index contributed by atoms with van der Waals surface area (Å²) in [5.41, 5.74) is 1.95. The van der Waals surface area contributed by atoms with E-state index in [1.807, 2.05) is 42.5 Å². The Morgan fingerprint density at radius 3 is 2.76 bits per heavy atom. The molecule has 3 heteroatoms. The molecule has 0 amide bonds. The van der Waals surface area contributed by atoms with E-state index in [0.29, 0.717) is 6.61 Å². The first-order chi connectivity index (χ1) is 8.43. The Morgan fingerprint density at radius 1 is 1.18 bits per heavy atom. The molecule has 86 valence electrons. The Balaban J connectivity index is 1.87. The van der Waals surface area contributed by atoms with Crippen LogP contribution >= 0.6 is 0 Å². The molecule has 1 fully saturated rings. The van der Waals surface area contributed by atoms with E-state index in [2.05, 4.69) is 4.98 Å². The van der Waals surface area contributed by atoms with Crippen LogP contribution in [0.15, 0.2) is 48.7 Å². The van der Waals surface area contributed by atoms with E-state index in [9.17, 15) is 0 Å². The lowest BCUT2D eigenvalue weighted by atomic mass is 10.1. The van der Waals surface area contributed by atoms with E-state index in [-0.39, 0.29) is 6.10 Å². The molecule has 1 atom stereocenters. The molecule has 1 aromatic heterocycles. The molecule has 0 saturated carbocycles. The second-order valence-electron chi connectivity index (χ2n) is 3.98. The maximum Gasteiger partial charge on any atom is 0.145 e. The van der Waals surface area contributed by atoms with Crippen LogP contribution in [0.1, 0.15) is 0 Å². The molecule has 1 saturated heterocycles. The van der Waals surface area contributed by atoms with Gasteiger partial charge >= 0.3 is 0 Å². The standard InChI is InChI=1S/C14H13NO2/c1-2-5-11(6-3-1)14-13(7-4-8-15-14)17-10-12-9-16-12/h1-8,12H,9-10H2. The highest BCUT2D eigenvalue weighted by Gasteiger charge is 2.23. The van der Waals surface area contributed by atoms with Gasteiger partial charge in [-0.3, -0.25) is 4.98 Å². The number of hydrogen-bond acceptors (Lipinski definition) is 3. The molecule has 0 radical (unpaired) electrons. The van der Waals surface area contributed by atoms with Gasteiger partial charge < -0.3 is 9.47 Å². The molecule has 0 spiro atoms. The summed E-state index contributed by atoms with van der Waals surface area (Å²) in [6.07, 6.45) is 2.04. The van der Waals surface area contributed by atoms with Gasteiger partial charge in [-0.1, -0.05) is 30.3 Å². The Morgan fingerprint density at radius 2 is 2.00 bits per heavy atom. The van der Waals surface area contributed by atoms with Crippen molar-refractivity contribution >= 4 is 0 Å². The van der Waals surface area contributed by atoms with Crippen molar-refractivity contribution in [1.82, 2.24) is 4.98 Å². The number of rotatable bonds is 4. The fourth-order valence-electron chi connectivity index (χ4n) is 1.67. The molecule has 0 bridgehead atoms. The van der Waals surface area contributed by atoms with Crippen LogP contribution in [0.4, 0.5) is 0 Å². The summed E-state index contributed by atoms with van der Waals surface area (Å²) >= 11 is 0. The third-order valence-electron chi connectivity index (χ3n) is 2.65. The van der Waals surface area contributed by atoms with E-state index in [1.54, 1.807) is 6.20 Å². The second kappa shape index (κ2) is 4.55. The first-order valence-corrected chi connectivity index (χ1v) is 5.68. The van der Waals surface area contributed by atoms with Crippen molar-refractivity contribution in [3.05, 3.63) is 48.7 Å². The van der Waals surface area contributed by atoms with Crippen molar-refractivity contribution in [3.63, 3.8) is 0 Å². The lowest BCUT2D eigenvalue weighted by molar-refractivity contribution is 0.263. The van der Waals surface area contributed by atoms with Gasteiger partial charge in [0.05, 0.1) is 6.61 Å². The van der Waals surface area contributed by atoms with Gasteiger partial charge in [0, 0.05) is 11.8 Å². The van der Waals surface area contributed by atoms with Crippen LogP contribution in [0.3, 0.4) is 0 Å². The number of pyridine rings is 1. The number of ether oxygens (including phenoxy) is 2. The molecular weight excluding hydrogens is 214 g/mol. The Bertz CT molecular complexity index is 495. The molecule has 0 aliphatic carbocycles. The SMILES string of the molecule is c1ccc(-c2ncccc2OCC2CO2)cc1. The molecule has 17 heavy (non-hydrogen) atoms. The average molecular weight is 227 g/mol. The largest absolute Gasteiger partial charge is 0.488 e. The fraction of sp³-hybridized carbons (Fsp3) is 0.214. The van der Waals surface area contributed by atoms with Crippen molar-refractivity contribution in [2.24, 2.45) is 0 Å². The zero-order valence-electron chi connectivity index (χ0n) is 9.37. The second-order valence-corrected chi connectivity index (χ2v) is 3.98. The number of epoxide rings is 1. The summed E-state index contributed by atoms with van der Waals surface area (Å²) in [7, 11) is 0. The van der Waals surface area contributed by atoms with E-state index in [4.69, 9.17) is 9.47 Å². The maximum absolute atomic E-state index is 5.73. The summed E-state index contributed by atoms with van der Waals surface area (Å²) in [4.78, 5) is 4.38. The van der Waals surface area contributed by atoms with Crippen molar-refractivity contribution in [2.75, 3.05) is 13.2 Å². The van der Waals surface area contributed by atoms with E-state index in [0.717, 1.165) is 23.6 Å². The highest BCUT2D eigenvalue weighted by atomic mass is 16.6. The lowest BCUT2D eigenvalue weighted by Crippen LogP contribution is -2.05. The van der Waals surface area contributed by atoms with Crippen molar-refractivity contribution in [2.45, 2.75) is 6.10 Å². The van der Waals surface area contributed by atoms with Crippen LogP contribution in [-0.2, 0) is 4.74 Å². The average Bonchev–Trinajstić information content (AvgIpc) is 3.22. The summed E-state index contributed by atoms with van der Waals surface area (Å²) in [5.74, 6) is 0.814. The van der Waals surface area contributed by atoms with Crippen LogP contribution in [0.2, 0.25) is 0 Å². The predicted octanol–water partition coefficient (Wildman–Crippen LogP) is 2.53. The van der Waals surface area contributed by atoms with Gasteiger partial charge in [-0.25, -0.2) is 0 Å². The van der Waals surface area contributed by atoms with E-state index in [1.165, 1.54) is 0 Å². The third-order valence-corrected chi connectivity index (χ3v) is 2.65. The van der Waals surface area contributed by atoms with Crippen LogP contribution < -0.4 is 4.74 Å². The molecule has 2 heterocycles. The Labute approximate surface area is 100 Å². The Hall–Kier alpha value is -1.87. The maximum atomic E-state index is 5.73. The predicted molar refractivity (Wildman–Crippen MR) is 64.9 cm³/mol. The third kappa shape index (κ3) is 2.45. The zero-order chi connectivity index (χ0) is 11.5. The van der Waals surface area contributed by atoms with Gasteiger partial charge in [-0.2, -0.15) is 0 Å². The number of benzene rings is 1. The van der Waals surface area contributed by atoms with Gasteiger partial charge in [0.2, 0.25) is 0 Å². The molecule has 3 nitrogen and oxygen atoms in total. The smallest absolute Gasteiger partial charge is 0.145 e. The monoisotopic (exact) mass is 227 g/mol. The van der Waals surface area contributed by atoms with Crippen molar-refractivity contribution < 1.29 is 9.47 Å². The lowest BCUT2D eigenvalue weighted by Gasteiger charge is -2.09. The highest BCUT2D eigenvalue weighted by Crippen LogP contribution is 2.27. The molecule has 0 N–H and O–H groups in total. The van der Waals surface area contributed by atoms with Crippen LogP contribution in [0, 0.1) is 0 Å². The molecule has 1 unspecified atom stereocenters. The van der Waals surface area contributed by atoms with Gasteiger partial charge in [0.25, 0.3) is 0 Å².